The van der Waals surface area contributed by atoms with Crippen LogP contribution in [0.25, 0.3) is 0 Å². The van der Waals surface area contributed by atoms with Crippen molar-refractivity contribution in [1.82, 2.24) is 47.2 Å². The number of thioether (sulfide) groups is 1. The smallest absolute Gasteiger partial charge is 0.325 e. The maximum absolute atomic E-state index is 14.3. The van der Waals surface area contributed by atoms with Gasteiger partial charge in [-0.2, -0.15) is 11.8 Å². The van der Waals surface area contributed by atoms with Gasteiger partial charge in [0.1, 0.15) is 48.0 Å². The minimum Gasteiger partial charge on any atom is -0.508 e. The van der Waals surface area contributed by atoms with Crippen LogP contribution >= 0.6 is 11.8 Å². The van der Waals surface area contributed by atoms with E-state index in [0.717, 1.165) is 6.92 Å². The lowest BCUT2D eigenvalue weighted by Gasteiger charge is -2.28. The molecule has 0 spiro atoms. The Morgan fingerprint density at radius 2 is 1.17 bits per heavy atom. The van der Waals surface area contributed by atoms with Gasteiger partial charge in [0.25, 0.3) is 0 Å². The van der Waals surface area contributed by atoms with Crippen LogP contribution in [0.3, 0.4) is 0 Å². The number of hydrogen-bond acceptors (Lipinski definition) is 16. The number of nitrogens with zero attached hydrogens (tertiary/aromatic N) is 2. The normalized spacial score (nSPS) is 14.7. The number of rotatable bonds is 33. The molecule has 2 rings (SSSR count). The summed E-state index contributed by atoms with van der Waals surface area (Å²) in [7, 11) is 0. The van der Waals surface area contributed by atoms with E-state index >= 15 is 0 Å². The fraction of sp³-hybridized carbons (Fsp3) is 0.535. The number of H-pyrrole nitrogens is 1. The Hall–Kier alpha value is -7.53. The predicted octanol–water partition coefficient (Wildman–Crippen LogP) is -4.36. The van der Waals surface area contributed by atoms with E-state index in [1.807, 2.05) is 0 Å². The number of aliphatic carboxylic acids is 3. The van der Waals surface area contributed by atoms with Gasteiger partial charge in [0, 0.05) is 44.1 Å². The first-order valence-electron chi connectivity index (χ1n) is 22.4. The summed E-state index contributed by atoms with van der Waals surface area (Å²) in [6.45, 7) is 2.31. The fourth-order valence-corrected chi connectivity index (χ4v) is 6.99. The lowest BCUT2D eigenvalue weighted by atomic mass is 10.0. The quantitative estimate of drug-likeness (QED) is 0.0182. The van der Waals surface area contributed by atoms with Crippen LogP contribution in [0.4, 0.5) is 0 Å². The van der Waals surface area contributed by atoms with Gasteiger partial charge in [-0.3, -0.25) is 52.9 Å². The number of hydrogen-bond donors (Lipinski definition) is 16. The van der Waals surface area contributed by atoms with E-state index in [1.54, 1.807) is 6.26 Å². The SMILES string of the molecule is CSCC[C@H](NC(=O)[C@H](Cc1cnc[nH]1)NC(=O)[C@H](CCC(=O)O)NC(=O)[C@H](Cc1ccc(O)cc1)NC(=O)[C@@H](N)CCC(=O)O)C(=O)N[C@@H](CCCN=C(N)N)C(=O)N[C@H](C(=O)N[C@@H](C)C(=O)O)[C@@H](C)O. The Labute approximate surface area is 417 Å². The van der Waals surface area contributed by atoms with Gasteiger partial charge in [-0.25, -0.2) is 4.98 Å². The molecule has 9 atom stereocenters. The average Bonchev–Trinajstić information content (AvgIpc) is 3.83. The molecule has 1 aromatic carbocycles. The van der Waals surface area contributed by atoms with E-state index < -0.39 is 133 Å². The number of aliphatic imine (C=N–C) groups is 1. The van der Waals surface area contributed by atoms with Crippen LogP contribution in [0.1, 0.15) is 70.1 Å². The number of imidazole rings is 1. The van der Waals surface area contributed by atoms with E-state index in [1.165, 1.54) is 55.5 Å². The van der Waals surface area contributed by atoms with Gasteiger partial charge in [-0.05, 0) is 75.7 Å². The Bertz CT molecular complexity index is 2190. The van der Waals surface area contributed by atoms with Gasteiger partial charge in [-0.1, -0.05) is 12.1 Å². The number of phenols is 1. The molecule has 1 heterocycles. The van der Waals surface area contributed by atoms with Crippen molar-refractivity contribution in [3.8, 4) is 5.75 Å². The van der Waals surface area contributed by atoms with Gasteiger partial charge >= 0.3 is 17.9 Å². The summed E-state index contributed by atoms with van der Waals surface area (Å²) in [4.78, 5) is 141. The summed E-state index contributed by atoms with van der Waals surface area (Å²) in [6, 6.07) is -6.58. The highest BCUT2D eigenvalue weighted by molar-refractivity contribution is 7.98. The number of carbonyl (C=O) groups is 10. The second kappa shape index (κ2) is 30.9. The molecular weight excluding hydrogens is 971 g/mol. The molecule has 72 heavy (non-hydrogen) atoms. The first kappa shape index (κ1) is 60.6. The molecule has 0 aliphatic rings. The van der Waals surface area contributed by atoms with E-state index in [9.17, 15) is 68.4 Å². The zero-order valence-electron chi connectivity index (χ0n) is 39.8. The van der Waals surface area contributed by atoms with Crippen LogP contribution in [-0.2, 0) is 60.8 Å². The third-order valence-electron chi connectivity index (χ3n) is 10.5. The second-order valence-corrected chi connectivity index (χ2v) is 17.4. The highest BCUT2D eigenvalue weighted by atomic mass is 32.2. The Balaban J connectivity index is 2.49. The number of aliphatic hydroxyl groups excluding tert-OH is 1. The number of guanidine groups is 1. The number of nitrogens with one attached hydrogen (secondary N) is 8. The first-order valence-corrected chi connectivity index (χ1v) is 23.8. The van der Waals surface area contributed by atoms with Crippen molar-refractivity contribution in [2.75, 3.05) is 18.6 Å². The van der Waals surface area contributed by atoms with Crippen LogP contribution in [0.2, 0.25) is 0 Å². The number of carboxylic acid groups (broad SMARTS) is 3. The average molecular weight is 1040 g/mol. The van der Waals surface area contributed by atoms with Gasteiger partial charge < -0.3 is 84.9 Å². The highest BCUT2D eigenvalue weighted by Gasteiger charge is 2.35. The molecule has 0 bridgehead atoms. The predicted molar refractivity (Wildman–Crippen MR) is 257 cm³/mol. The molecule has 29 heteroatoms. The highest BCUT2D eigenvalue weighted by Crippen LogP contribution is 2.13. The summed E-state index contributed by atoms with van der Waals surface area (Å²) in [6.07, 6.45) is 0.127. The molecule has 19 N–H and O–H groups in total. The van der Waals surface area contributed by atoms with E-state index in [0.29, 0.717) is 11.3 Å². The number of nitrogens with two attached hydrogens (primary N) is 3. The summed E-state index contributed by atoms with van der Waals surface area (Å²) in [5.41, 5.74) is 17.5. The molecule has 0 fully saturated rings. The number of aromatic amines is 1. The van der Waals surface area contributed by atoms with E-state index in [4.69, 9.17) is 22.3 Å². The number of amides is 7. The molecule has 0 saturated heterocycles. The summed E-state index contributed by atoms with van der Waals surface area (Å²) in [5, 5.41) is 65.0. The molecule has 0 aliphatic carbocycles. The monoisotopic (exact) mass is 1040 g/mol. The van der Waals surface area contributed by atoms with Crippen molar-refractivity contribution >= 4 is 77.0 Å². The van der Waals surface area contributed by atoms with Crippen molar-refractivity contribution in [2.45, 2.75) is 126 Å². The van der Waals surface area contributed by atoms with Crippen LogP contribution < -0.4 is 54.4 Å². The van der Waals surface area contributed by atoms with Crippen molar-refractivity contribution in [2.24, 2.45) is 22.2 Å². The number of carbonyl (C=O) groups excluding carboxylic acids is 7. The topological polar surface area (TPSA) is 475 Å². The summed E-state index contributed by atoms with van der Waals surface area (Å²) < 4.78 is 0. The molecule has 7 amide bonds. The van der Waals surface area contributed by atoms with E-state index in [2.05, 4.69) is 52.2 Å². The number of benzene rings is 1. The lowest BCUT2D eigenvalue weighted by molar-refractivity contribution is -0.142. The second-order valence-electron chi connectivity index (χ2n) is 16.5. The zero-order valence-corrected chi connectivity index (χ0v) is 40.6. The largest absolute Gasteiger partial charge is 0.508 e. The third-order valence-corrected chi connectivity index (χ3v) is 11.2. The van der Waals surface area contributed by atoms with Crippen molar-refractivity contribution < 1.29 is 73.5 Å². The molecule has 1 aromatic heterocycles. The molecule has 0 unspecified atom stereocenters. The van der Waals surface area contributed by atoms with Crippen LogP contribution in [0.5, 0.6) is 5.75 Å². The van der Waals surface area contributed by atoms with Gasteiger partial charge in [0.15, 0.2) is 5.96 Å². The molecule has 0 radical (unpaired) electrons. The molecule has 398 valence electrons. The maximum atomic E-state index is 14.3. The number of carboxylic acids is 3. The number of aromatic nitrogens is 2. The standard InChI is InChI=1S/C43H65N13O15S/c1-21(42(70)71)50-41(69)34(22(2)57)56-38(66)27(5-4-15-48-43(45)46)51-37(65)29(14-16-72-3)53-40(68)31(18-24-19-47-20-49-24)55-36(64)28(11-13-33(61)62)52-39(67)30(17-23-6-8-25(58)9-7-23)54-35(63)26(44)10-12-32(59)60/h6-9,19-22,26-31,34,57-58H,4-5,10-18,44H2,1-3H3,(H,47,49)(H,50,69)(H,51,65)(H,52,67)(H,53,68)(H,54,63)(H,55,64)(H,56,66)(H,59,60)(H,61,62)(H,70,71)(H4,45,46,48)/t21-,22+,26-,27-,28-,29-,30-,31-,34-/m0/s1. The van der Waals surface area contributed by atoms with Crippen LogP contribution in [0.15, 0.2) is 41.8 Å². The number of aliphatic hydroxyl groups is 1. The molecular formula is C43H65N13O15S. The van der Waals surface area contributed by atoms with Crippen LogP contribution in [-0.4, -0.2) is 174 Å². The number of aromatic hydroxyl groups is 1. The molecule has 28 nitrogen and oxygen atoms in total. The maximum Gasteiger partial charge on any atom is 0.325 e. The molecule has 2 aromatic rings. The van der Waals surface area contributed by atoms with Crippen molar-refractivity contribution in [1.29, 1.82) is 0 Å². The van der Waals surface area contributed by atoms with Crippen molar-refractivity contribution in [3.05, 3.63) is 48.0 Å². The van der Waals surface area contributed by atoms with Gasteiger partial charge in [-0.15, -0.1) is 0 Å². The Morgan fingerprint density at radius 3 is 1.68 bits per heavy atom. The molecule has 0 saturated carbocycles. The minimum atomic E-state index is -1.68. The Morgan fingerprint density at radius 1 is 0.667 bits per heavy atom. The molecule has 0 aliphatic heterocycles. The van der Waals surface area contributed by atoms with E-state index in [-0.39, 0.29) is 62.5 Å². The van der Waals surface area contributed by atoms with Gasteiger partial charge in [0.2, 0.25) is 41.4 Å². The van der Waals surface area contributed by atoms with Crippen molar-refractivity contribution in [3.63, 3.8) is 0 Å². The van der Waals surface area contributed by atoms with Crippen LogP contribution in [0, 0.1) is 0 Å². The zero-order chi connectivity index (χ0) is 54.1. The third kappa shape index (κ3) is 22.5. The Kier molecular flexibility index (Phi) is 26.0. The summed E-state index contributed by atoms with van der Waals surface area (Å²) >= 11 is 1.29. The van der Waals surface area contributed by atoms with Gasteiger partial charge in [0.05, 0.1) is 18.5 Å². The minimum absolute atomic E-state index is 0.00949. The summed E-state index contributed by atoms with van der Waals surface area (Å²) in [5.74, 6) is -11.0. The fourth-order valence-electron chi connectivity index (χ4n) is 6.52. The first-order chi connectivity index (χ1) is 33.9. The number of phenolic OH excluding ortho intramolecular Hbond substituents is 1. The lowest BCUT2D eigenvalue weighted by Crippen LogP contribution is -2.61.